The van der Waals surface area contributed by atoms with Gasteiger partial charge in [0.1, 0.15) is 17.7 Å². The first-order valence-electron chi connectivity index (χ1n) is 11.5. The molecule has 0 saturated carbocycles. The molecule has 2 aliphatic heterocycles. The molecular weight excluding hydrogens is 450 g/mol. The minimum Gasteiger partial charge on any atom is -0.491 e. The number of amides is 1. The van der Waals surface area contributed by atoms with E-state index in [0.29, 0.717) is 13.1 Å². The van der Waals surface area contributed by atoms with Crippen LogP contribution in [-0.2, 0) is 14.3 Å². The van der Waals surface area contributed by atoms with E-state index in [0.717, 1.165) is 18.9 Å². The standard InChI is InChI=1S/C24H32F2N2O6/c1-6-33-19(30)11-18(29)15-10-16(25)21(22(32-5)20(15)26)27-12-14-8-7-9-28(17(14)13-27)23(31)34-24(2,3)4/h10,14,17H,6-9,11-13H2,1-5H3/t14-,17+/m0/s1. The quantitative estimate of drug-likeness (QED) is 0.345. The minimum absolute atomic E-state index is 0.0542. The lowest BCUT2D eigenvalue weighted by Crippen LogP contribution is -2.50. The third-order valence-corrected chi connectivity index (χ3v) is 5.99. The van der Waals surface area contributed by atoms with Crippen LogP contribution < -0.4 is 9.64 Å². The van der Waals surface area contributed by atoms with Crippen LogP contribution in [0, 0.1) is 17.6 Å². The van der Waals surface area contributed by atoms with Crippen molar-refractivity contribution < 1.29 is 37.4 Å². The van der Waals surface area contributed by atoms with Gasteiger partial charge in [-0.05, 0) is 52.5 Å². The van der Waals surface area contributed by atoms with Gasteiger partial charge in [0, 0.05) is 19.6 Å². The molecular formula is C24H32F2N2O6. The Morgan fingerprint density at radius 1 is 1.18 bits per heavy atom. The van der Waals surface area contributed by atoms with E-state index in [1.54, 1.807) is 37.5 Å². The summed E-state index contributed by atoms with van der Waals surface area (Å²) >= 11 is 0. The lowest BCUT2D eigenvalue weighted by Gasteiger charge is -2.37. The number of carbonyl (C=O) groups is 3. The molecule has 188 valence electrons. The molecule has 2 fully saturated rings. The fraction of sp³-hybridized carbons (Fsp3) is 0.625. The first kappa shape index (κ1) is 25.7. The number of methoxy groups -OCH3 is 1. The zero-order valence-electron chi connectivity index (χ0n) is 20.3. The third kappa shape index (κ3) is 5.42. The number of anilines is 1. The Hall–Kier alpha value is -2.91. The average Bonchev–Trinajstić information content (AvgIpc) is 3.17. The van der Waals surface area contributed by atoms with Gasteiger partial charge in [-0.1, -0.05) is 0 Å². The average molecular weight is 483 g/mol. The van der Waals surface area contributed by atoms with Crippen molar-refractivity contribution in [3.63, 3.8) is 0 Å². The second-order valence-electron chi connectivity index (χ2n) is 9.56. The summed E-state index contributed by atoms with van der Waals surface area (Å²) in [6, 6.07) is 0.573. The van der Waals surface area contributed by atoms with Gasteiger partial charge < -0.3 is 24.0 Å². The molecule has 34 heavy (non-hydrogen) atoms. The number of carbonyl (C=O) groups excluding carboxylic acids is 3. The summed E-state index contributed by atoms with van der Waals surface area (Å²) in [5, 5.41) is 0. The lowest BCUT2D eigenvalue weighted by atomic mass is 9.92. The molecule has 0 bridgehead atoms. The molecule has 0 aliphatic carbocycles. The highest BCUT2D eigenvalue weighted by molar-refractivity contribution is 6.06. The van der Waals surface area contributed by atoms with Crippen LogP contribution in [0.2, 0.25) is 0 Å². The highest BCUT2D eigenvalue weighted by Crippen LogP contribution is 2.41. The number of ketones is 1. The smallest absolute Gasteiger partial charge is 0.410 e. The number of halogens is 2. The van der Waals surface area contributed by atoms with Crippen molar-refractivity contribution in [2.75, 3.05) is 38.3 Å². The van der Waals surface area contributed by atoms with Crippen molar-refractivity contribution in [3.8, 4) is 5.75 Å². The normalized spacial score (nSPS) is 20.1. The summed E-state index contributed by atoms with van der Waals surface area (Å²) in [5.41, 5.74) is -1.32. The Labute approximate surface area is 198 Å². The van der Waals surface area contributed by atoms with Gasteiger partial charge in [0.25, 0.3) is 0 Å². The molecule has 1 aromatic rings. The van der Waals surface area contributed by atoms with E-state index in [1.807, 2.05) is 0 Å². The molecule has 1 amide bonds. The molecule has 2 saturated heterocycles. The van der Waals surface area contributed by atoms with Crippen LogP contribution in [0.25, 0.3) is 0 Å². The van der Waals surface area contributed by atoms with Crippen molar-refractivity contribution in [1.82, 2.24) is 4.90 Å². The minimum atomic E-state index is -1.04. The molecule has 0 unspecified atom stereocenters. The number of hydrogen-bond donors (Lipinski definition) is 0. The van der Waals surface area contributed by atoms with Gasteiger partial charge in [0.15, 0.2) is 23.2 Å². The van der Waals surface area contributed by atoms with E-state index in [4.69, 9.17) is 14.2 Å². The molecule has 8 nitrogen and oxygen atoms in total. The fourth-order valence-electron chi connectivity index (χ4n) is 4.63. The molecule has 3 rings (SSSR count). The number of hydrogen-bond acceptors (Lipinski definition) is 7. The highest BCUT2D eigenvalue weighted by atomic mass is 19.1. The summed E-state index contributed by atoms with van der Waals surface area (Å²) in [5.74, 6) is -3.94. The van der Waals surface area contributed by atoms with Gasteiger partial charge >= 0.3 is 12.1 Å². The van der Waals surface area contributed by atoms with Crippen LogP contribution in [0.15, 0.2) is 6.07 Å². The van der Waals surface area contributed by atoms with E-state index in [2.05, 4.69) is 0 Å². The molecule has 10 heteroatoms. The van der Waals surface area contributed by atoms with Crippen molar-refractivity contribution in [3.05, 3.63) is 23.3 Å². The van der Waals surface area contributed by atoms with Crippen LogP contribution in [0.3, 0.4) is 0 Å². The maximum atomic E-state index is 15.3. The molecule has 2 heterocycles. The van der Waals surface area contributed by atoms with E-state index in [1.165, 1.54) is 7.11 Å². The summed E-state index contributed by atoms with van der Waals surface area (Å²) in [6.07, 6.45) is 0.486. The largest absolute Gasteiger partial charge is 0.491 e. The van der Waals surface area contributed by atoms with Crippen LogP contribution in [0.5, 0.6) is 5.75 Å². The number of piperidine rings is 1. The van der Waals surface area contributed by atoms with Gasteiger partial charge in [-0.15, -0.1) is 0 Å². The van der Waals surface area contributed by atoms with Crippen LogP contribution >= 0.6 is 0 Å². The SMILES string of the molecule is CCOC(=O)CC(=O)c1cc(F)c(N2C[C@@H]3CCCN(C(=O)OC(C)(C)C)[C@@H]3C2)c(OC)c1F. The molecule has 2 aliphatic rings. The first-order chi connectivity index (χ1) is 16.0. The van der Waals surface area contributed by atoms with E-state index in [9.17, 15) is 14.4 Å². The number of rotatable bonds is 6. The van der Waals surface area contributed by atoms with Gasteiger partial charge in [0.05, 0.1) is 25.3 Å². The molecule has 0 radical (unpaired) electrons. The van der Waals surface area contributed by atoms with Crippen LogP contribution in [0.4, 0.5) is 19.3 Å². The van der Waals surface area contributed by atoms with Crippen molar-refractivity contribution >= 4 is 23.5 Å². The number of fused-ring (bicyclic) bond motifs is 1. The number of ether oxygens (including phenoxy) is 3. The molecule has 1 aromatic carbocycles. The Kier molecular flexibility index (Phi) is 7.67. The van der Waals surface area contributed by atoms with Gasteiger partial charge in [-0.3, -0.25) is 9.59 Å². The summed E-state index contributed by atoms with van der Waals surface area (Å²) in [7, 11) is 1.19. The molecule has 0 spiro atoms. The number of esters is 1. The third-order valence-electron chi connectivity index (χ3n) is 5.99. The zero-order valence-corrected chi connectivity index (χ0v) is 20.3. The number of nitrogens with zero attached hydrogens (tertiary/aromatic N) is 2. The van der Waals surface area contributed by atoms with Crippen molar-refractivity contribution in [2.45, 2.75) is 58.6 Å². The summed E-state index contributed by atoms with van der Waals surface area (Å²) in [4.78, 5) is 40.1. The second kappa shape index (κ2) is 10.1. The van der Waals surface area contributed by atoms with Gasteiger partial charge in [-0.25, -0.2) is 13.6 Å². The van der Waals surface area contributed by atoms with Crippen molar-refractivity contribution in [1.29, 1.82) is 0 Å². The Morgan fingerprint density at radius 3 is 2.50 bits per heavy atom. The van der Waals surface area contributed by atoms with E-state index >= 15 is 8.78 Å². The predicted octanol–water partition coefficient (Wildman–Crippen LogP) is 3.95. The molecule has 2 atom stereocenters. The number of likely N-dealkylation sites (tertiary alicyclic amines) is 1. The van der Waals surface area contributed by atoms with E-state index < -0.39 is 52.8 Å². The van der Waals surface area contributed by atoms with Crippen molar-refractivity contribution in [2.24, 2.45) is 5.92 Å². The number of benzene rings is 1. The maximum Gasteiger partial charge on any atom is 0.410 e. The van der Waals surface area contributed by atoms with Gasteiger partial charge in [0.2, 0.25) is 0 Å². The second-order valence-corrected chi connectivity index (χ2v) is 9.56. The lowest BCUT2D eigenvalue weighted by molar-refractivity contribution is -0.141. The Morgan fingerprint density at radius 2 is 1.88 bits per heavy atom. The van der Waals surface area contributed by atoms with Crippen LogP contribution in [-0.4, -0.2) is 67.7 Å². The monoisotopic (exact) mass is 482 g/mol. The Bertz CT molecular complexity index is 962. The molecule has 0 aromatic heterocycles. The first-order valence-corrected chi connectivity index (χ1v) is 11.5. The number of Topliss-reactive ketones (excluding diaryl/α,β-unsaturated/α-hetero) is 1. The topological polar surface area (TPSA) is 85.4 Å². The highest BCUT2D eigenvalue weighted by Gasteiger charge is 2.44. The fourth-order valence-corrected chi connectivity index (χ4v) is 4.63. The molecule has 0 N–H and O–H groups in total. The summed E-state index contributed by atoms with van der Waals surface area (Å²) in [6.45, 7) is 8.23. The van der Waals surface area contributed by atoms with Crippen LogP contribution in [0.1, 0.15) is 57.3 Å². The van der Waals surface area contributed by atoms with E-state index in [-0.39, 0.29) is 30.8 Å². The summed E-state index contributed by atoms with van der Waals surface area (Å²) < 4.78 is 45.9. The predicted molar refractivity (Wildman–Crippen MR) is 120 cm³/mol. The Balaban J connectivity index is 1.87. The van der Waals surface area contributed by atoms with Gasteiger partial charge in [-0.2, -0.15) is 0 Å². The maximum absolute atomic E-state index is 15.3. The zero-order chi connectivity index (χ0) is 25.2.